The Morgan fingerprint density at radius 1 is 1.12 bits per heavy atom. The number of likely N-dealkylation sites (tertiary alicyclic amines) is 1. The third kappa shape index (κ3) is 7.40. The van der Waals surface area contributed by atoms with Gasteiger partial charge in [-0.05, 0) is 56.4 Å². The molecule has 1 aromatic heterocycles. The summed E-state index contributed by atoms with van der Waals surface area (Å²) in [5.41, 5.74) is 3.48. The van der Waals surface area contributed by atoms with E-state index in [4.69, 9.17) is 4.99 Å². The number of nitrogens with zero attached hydrogens (tertiary/aromatic N) is 4. The number of piperidine rings is 1. The zero-order valence-electron chi connectivity index (χ0n) is 20.1. The summed E-state index contributed by atoms with van der Waals surface area (Å²) in [5.74, 6) is 1.06. The quantitative estimate of drug-likeness (QED) is 0.218. The molecular formula is C26H37IN6O. The predicted octanol–water partition coefficient (Wildman–Crippen LogP) is 3.59. The zero-order valence-corrected chi connectivity index (χ0v) is 22.4. The molecule has 0 saturated carbocycles. The van der Waals surface area contributed by atoms with Crippen molar-refractivity contribution in [3.63, 3.8) is 0 Å². The van der Waals surface area contributed by atoms with Crippen LogP contribution in [0.3, 0.4) is 0 Å². The number of amides is 1. The van der Waals surface area contributed by atoms with Gasteiger partial charge >= 0.3 is 0 Å². The Morgan fingerprint density at radius 2 is 1.91 bits per heavy atom. The number of aromatic nitrogens is 1. The van der Waals surface area contributed by atoms with E-state index in [1.807, 2.05) is 41.4 Å². The molecule has 0 aliphatic carbocycles. The lowest BCUT2D eigenvalue weighted by molar-refractivity contribution is -0.118. The van der Waals surface area contributed by atoms with Gasteiger partial charge < -0.3 is 15.5 Å². The summed E-state index contributed by atoms with van der Waals surface area (Å²) in [4.78, 5) is 26.3. The SMILES string of the molecule is CCNC(=NCCCC(=O)N1CCc2ccccc21)NC1CCN(Cc2ccccn2)CC1.I. The first-order valence-corrected chi connectivity index (χ1v) is 12.3. The second kappa shape index (κ2) is 13.6. The molecule has 0 radical (unpaired) electrons. The second-order valence-corrected chi connectivity index (χ2v) is 8.80. The fraction of sp³-hybridized carbons (Fsp3) is 0.500. The van der Waals surface area contributed by atoms with E-state index in [0.717, 1.165) is 75.7 Å². The number of rotatable bonds is 8. The number of anilines is 1. The normalized spacial score (nSPS) is 16.6. The highest BCUT2D eigenvalue weighted by Gasteiger charge is 2.23. The molecule has 3 heterocycles. The predicted molar refractivity (Wildman–Crippen MR) is 149 cm³/mol. The van der Waals surface area contributed by atoms with Gasteiger partial charge in [-0.15, -0.1) is 24.0 Å². The molecule has 0 spiro atoms. The summed E-state index contributed by atoms with van der Waals surface area (Å²) in [6.45, 7) is 7.38. The van der Waals surface area contributed by atoms with Crippen LogP contribution in [0.5, 0.6) is 0 Å². The molecule has 34 heavy (non-hydrogen) atoms. The molecule has 0 bridgehead atoms. The van der Waals surface area contributed by atoms with Crippen molar-refractivity contribution in [2.24, 2.45) is 4.99 Å². The van der Waals surface area contributed by atoms with Gasteiger partial charge in [-0.3, -0.25) is 19.7 Å². The van der Waals surface area contributed by atoms with E-state index in [-0.39, 0.29) is 29.9 Å². The van der Waals surface area contributed by atoms with Crippen LogP contribution >= 0.6 is 24.0 Å². The lowest BCUT2D eigenvalue weighted by atomic mass is 10.0. The number of guanidine groups is 1. The van der Waals surface area contributed by atoms with Crippen molar-refractivity contribution < 1.29 is 4.79 Å². The Labute approximate surface area is 220 Å². The summed E-state index contributed by atoms with van der Waals surface area (Å²) in [7, 11) is 0. The fourth-order valence-electron chi connectivity index (χ4n) is 4.62. The van der Waals surface area contributed by atoms with E-state index in [1.165, 1.54) is 5.56 Å². The minimum atomic E-state index is 0. The van der Waals surface area contributed by atoms with Crippen LogP contribution < -0.4 is 15.5 Å². The van der Waals surface area contributed by atoms with Crippen molar-refractivity contribution in [3.05, 3.63) is 59.9 Å². The maximum absolute atomic E-state index is 12.7. The molecule has 2 aromatic rings. The van der Waals surface area contributed by atoms with Gasteiger partial charge in [0.1, 0.15) is 0 Å². The number of halogens is 1. The van der Waals surface area contributed by atoms with Crippen molar-refractivity contribution in [2.75, 3.05) is 37.6 Å². The highest BCUT2D eigenvalue weighted by atomic mass is 127. The van der Waals surface area contributed by atoms with Crippen LogP contribution in [-0.2, 0) is 17.8 Å². The molecule has 4 rings (SSSR count). The number of aliphatic imine (C=N–C) groups is 1. The number of benzene rings is 1. The van der Waals surface area contributed by atoms with Crippen molar-refractivity contribution in [3.8, 4) is 0 Å². The third-order valence-electron chi connectivity index (χ3n) is 6.39. The number of hydrogen-bond donors (Lipinski definition) is 2. The first-order valence-electron chi connectivity index (χ1n) is 12.3. The molecule has 2 aliphatic heterocycles. The maximum atomic E-state index is 12.7. The highest BCUT2D eigenvalue weighted by Crippen LogP contribution is 2.28. The highest BCUT2D eigenvalue weighted by molar-refractivity contribution is 14.0. The van der Waals surface area contributed by atoms with E-state index in [9.17, 15) is 4.79 Å². The fourth-order valence-corrected chi connectivity index (χ4v) is 4.62. The molecule has 184 valence electrons. The minimum Gasteiger partial charge on any atom is -0.357 e. The summed E-state index contributed by atoms with van der Waals surface area (Å²) in [6, 6.07) is 14.7. The minimum absolute atomic E-state index is 0. The molecule has 7 nitrogen and oxygen atoms in total. The van der Waals surface area contributed by atoms with Gasteiger partial charge in [-0.2, -0.15) is 0 Å². The Kier molecular flexibility index (Phi) is 10.6. The van der Waals surface area contributed by atoms with Crippen LogP contribution in [0, 0.1) is 0 Å². The van der Waals surface area contributed by atoms with Gasteiger partial charge in [-0.25, -0.2) is 0 Å². The van der Waals surface area contributed by atoms with Gasteiger partial charge in [0, 0.05) is 63.6 Å². The van der Waals surface area contributed by atoms with E-state index in [0.29, 0.717) is 19.0 Å². The van der Waals surface area contributed by atoms with E-state index < -0.39 is 0 Å². The molecular weight excluding hydrogens is 539 g/mol. The lowest BCUT2D eigenvalue weighted by Crippen LogP contribution is -2.48. The molecule has 8 heteroatoms. The zero-order chi connectivity index (χ0) is 22.9. The summed E-state index contributed by atoms with van der Waals surface area (Å²) in [6.07, 6.45) is 6.28. The largest absolute Gasteiger partial charge is 0.357 e. The van der Waals surface area contributed by atoms with Gasteiger partial charge in [0.25, 0.3) is 0 Å². The number of carbonyl (C=O) groups excluding carboxylic acids is 1. The van der Waals surface area contributed by atoms with Crippen LogP contribution in [0.1, 0.15) is 43.9 Å². The van der Waals surface area contributed by atoms with Gasteiger partial charge in [0.05, 0.1) is 5.69 Å². The number of carbonyl (C=O) groups is 1. The van der Waals surface area contributed by atoms with Crippen LogP contribution in [0.25, 0.3) is 0 Å². The Morgan fingerprint density at radius 3 is 2.68 bits per heavy atom. The van der Waals surface area contributed by atoms with Gasteiger partial charge in [-0.1, -0.05) is 24.3 Å². The second-order valence-electron chi connectivity index (χ2n) is 8.80. The van der Waals surface area contributed by atoms with Crippen molar-refractivity contribution in [2.45, 2.75) is 51.6 Å². The number of fused-ring (bicyclic) bond motifs is 1. The van der Waals surface area contributed by atoms with Crippen LogP contribution in [0.4, 0.5) is 5.69 Å². The molecule has 1 amide bonds. The average Bonchev–Trinajstić information content (AvgIpc) is 3.28. The van der Waals surface area contributed by atoms with Gasteiger partial charge in [0.15, 0.2) is 5.96 Å². The number of pyridine rings is 1. The summed E-state index contributed by atoms with van der Waals surface area (Å²) < 4.78 is 0. The topological polar surface area (TPSA) is 72.9 Å². The maximum Gasteiger partial charge on any atom is 0.227 e. The number of nitrogens with one attached hydrogen (secondary N) is 2. The summed E-state index contributed by atoms with van der Waals surface area (Å²) in [5, 5.41) is 6.96. The Bertz CT molecular complexity index is 930. The third-order valence-corrected chi connectivity index (χ3v) is 6.39. The van der Waals surface area contributed by atoms with Crippen molar-refractivity contribution in [1.82, 2.24) is 20.5 Å². The average molecular weight is 577 g/mol. The van der Waals surface area contributed by atoms with Gasteiger partial charge in [0.2, 0.25) is 5.91 Å². The van der Waals surface area contributed by atoms with E-state index in [1.54, 1.807) is 0 Å². The molecule has 1 fully saturated rings. The van der Waals surface area contributed by atoms with E-state index in [2.05, 4.69) is 39.6 Å². The first kappa shape index (κ1) is 26.4. The van der Waals surface area contributed by atoms with Crippen LogP contribution in [0.15, 0.2) is 53.7 Å². The Hall–Kier alpha value is -2.20. The lowest BCUT2D eigenvalue weighted by Gasteiger charge is -2.32. The Balaban J connectivity index is 0.00000324. The number of para-hydroxylation sites is 1. The first-order chi connectivity index (χ1) is 16.2. The molecule has 1 saturated heterocycles. The molecule has 2 aliphatic rings. The standard InChI is InChI=1S/C26H36N6O.HI/c1-2-27-26(30-22-13-17-31(18-14-22)20-23-9-5-6-15-28-23)29-16-7-11-25(33)32-19-12-21-8-3-4-10-24(21)32;/h3-6,8-10,15,22H,2,7,11-14,16-20H2,1H3,(H2,27,29,30);1H. The van der Waals surface area contributed by atoms with Crippen LogP contribution in [0.2, 0.25) is 0 Å². The van der Waals surface area contributed by atoms with Crippen LogP contribution in [-0.4, -0.2) is 60.5 Å². The van der Waals surface area contributed by atoms with Crippen molar-refractivity contribution in [1.29, 1.82) is 0 Å². The molecule has 0 atom stereocenters. The molecule has 1 aromatic carbocycles. The summed E-state index contributed by atoms with van der Waals surface area (Å²) >= 11 is 0. The molecule has 2 N–H and O–H groups in total. The monoisotopic (exact) mass is 576 g/mol. The number of hydrogen-bond acceptors (Lipinski definition) is 4. The molecule has 0 unspecified atom stereocenters. The smallest absolute Gasteiger partial charge is 0.227 e. The van der Waals surface area contributed by atoms with Crippen molar-refractivity contribution >= 4 is 41.5 Å². The van der Waals surface area contributed by atoms with E-state index >= 15 is 0 Å².